The molecular weight excluding hydrogens is 272 g/mol. The molecule has 1 aromatic rings. The normalized spacial score (nSPS) is 19.4. The molecule has 1 heterocycles. The monoisotopic (exact) mass is 284 g/mol. The van der Waals surface area contributed by atoms with Gasteiger partial charge in [0, 0.05) is 18.7 Å². The Hall–Kier alpha value is -1.82. The third-order valence-corrected chi connectivity index (χ3v) is 3.18. The van der Waals surface area contributed by atoms with Gasteiger partial charge in [-0.15, -0.1) is 0 Å². The van der Waals surface area contributed by atoms with Crippen LogP contribution in [0.4, 0.5) is 5.69 Å². The van der Waals surface area contributed by atoms with Gasteiger partial charge in [-0.25, -0.2) is 0 Å². The zero-order valence-corrected chi connectivity index (χ0v) is 10.9. The zero-order chi connectivity index (χ0) is 13.8. The number of nitrogens with one attached hydrogen (secondary N) is 1. The van der Waals surface area contributed by atoms with Gasteiger partial charge in [-0.2, -0.15) is 0 Å². The molecule has 0 spiro atoms. The number of nitro benzene ring substituents is 1. The van der Waals surface area contributed by atoms with Crippen LogP contribution in [0.2, 0.25) is 5.02 Å². The van der Waals surface area contributed by atoms with Crippen LogP contribution in [-0.2, 0) is 4.79 Å². The van der Waals surface area contributed by atoms with Gasteiger partial charge in [0.1, 0.15) is 10.8 Å². The molecule has 1 fully saturated rings. The first-order valence-corrected chi connectivity index (χ1v) is 6.34. The highest BCUT2D eigenvalue weighted by Gasteiger charge is 2.23. The Labute approximate surface area is 114 Å². The van der Waals surface area contributed by atoms with Crippen molar-refractivity contribution in [3.8, 4) is 5.75 Å². The first-order chi connectivity index (χ1) is 9.08. The molecular formula is C12H13ClN2O4. The van der Waals surface area contributed by atoms with E-state index in [0.29, 0.717) is 18.7 Å². The van der Waals surface area contributed by atoms with Crippen LogP contribution in [0.15, 0.2) is 18.2 Å². The van der Waals surface area contributed by atoms with Crippen LogP contribution in [0.25, 0.3) is 0 Å². The fourth-order valence-electron chi connectivity index (χ4n) is 1.90. The summed E-state index contributed by atoms with van der Waals surface area (Å²) in [6.45, 7) is 0.652. The molecule has 0 aliphatic carbocycles. The predicted molar refractivity (Wildman–Crippen MR) is 69.4 cm³/mol. The van der Waals surface area contributed by atoms with Crippen molar-refractivity contribution < 1.29 is 14.5 Å². The lowest BCUT2D eigenvalue weighted by molar-refractivity contribution is -0.384. The Bertz CT molecular complexity index is 507. The van der Waals surface area contributed by atoms with Crippen LogP contribution < -0.4 is 10.1 Å². The Morgan fingerprint density at radius 1 is 1.42 bits per heavy atom. The van der Waals surface area contributed by atoms with Gasteiger partial charge in [0.05, 0.1) is 4.92 Å². The first kappa shape index (κ1) is 13.6. The van der Waals surface area contributed by atoms with E-state index in [0.717, 1.165) is 12.8 Å². The Balaban J connectivity index is 2.12. The maximum atomic E-state index is 11.7. The summed E-state index contributed by atoms with van der Waals surface area (Å²) in [5.74, 6) is 0.199. The smallest absolute Gasteiger partial charge is 0.288 e. The molecule has 1 unspecified atom stereocenters. The van der Waals surface area contributed by atoms with E-state index in [1.165, 1.54) is 18.2 Å². The maximum absolute atomic E-state index is 11.7. The summed E-state index contributed by atoms with van der Waals surface area (Å²) in [5, 5.41) is 13.4. The van der Waals surface area contributed by atoms with Gasteiger partial charge in [-0.05, 0) is 25.3 Å². The van der Waals surface area contributed by atoms with Crippen molar-refractivity contribution in [3.05, 3.63) is 33.3 Å². The minimum Gasteiger partial charge on any atom is -0.481 e. The quantitative estimate of drug-likeness (QED) is 0.682. The van der Waals surface area contributed by atoms with Crippen LogP contribution in [-0.4, -0.2) is 23.5 Å². The molecule has 1 aliphatic rings. The second-order valence-corrected chi connectivity index (χ2v) is 4.67. The van der Waals surface area contributed by atoms with Crippen LogP contribution in [0.3, 0.4) is 0 Å². The molecule has 1 aromatic carbocycles. The van der Waals surface area contributed by atoms with Gasteiger partial charge in [0.15, 0.2) is 6.10 Å². The lowest BCUT2D eigenvalue weighted by Crippen LogP contribution is -2.36. The number of halogens is 1. The largest absolute Gasteiger partial charge is 0.481 e. The van der Waals surface area contributed by atoms with Crippen LogP contribution in [0, 0.1) is 10.1 Å². The fraction of sp³-hybridized carbons (Fsp3) is 0.417. The van der Waals surface area contributed by atoms with E-state index in [1.807, 2.05) is 0 Å². The molecule has 7 heteroatoms. The molecule has 0 bridgehead atoms. The van der Waals surface area contributed by atoms with Crippen LogP contribution in [0.1, 0.15) is 19.3 Å². The summed E-state index contributed by atoms with van der Waals surface area (Å²) < 4.78 is 5.54. The molecule has 0 saturated carbocycles. The SMILES string of the molecule is O=C1NCCCCC1Oc1ccc([N+](=O)[O-])c(Cl)c1. The van der Waals surface area contributed by atoms with Crippen molar-refractivity contribution in [2.45, 2.75) is 25.4 Å². The number of carbonyl (C=O) groups excluding carboxylic acids is 1. The molecule has 19 heavy (non-hydrogen) atoms. The molecule has 1 saturated heterocycles. The van der Waals surface area contributed by atoms with E-state index < -0.39 is 11.0 Å². The van der Waals surface area contributed by atoms with Crippen molar-refractivity contribution in [1.29, 1.82) is 0 Å². The van der Waals surface area contributed by atoms with Gasteiger partial charge in [0.2, 0.25) is 0 Å². The third-order valence-electron chi connectivity index (χ3n) is 2.88. The number of carbonyl (C=O) groups is 1. The third kappa shape index (κ3) is 3.35. The van der Waals surface area contributed by atoms with Crippen molar-refractivity contribution in [2.24, 2.45) is 0 Å². The second-order valence-electron chi connectivity index (χ2n) is 4.26. The number of rotatable bonds is 3. The van der Waals surface area contributed by atoms with Crippen LogP contribution >= 0.6 is 11.6 Å². The molecule has 2 rings (SSSR count). The number of hydrogen-bond donors (Lipinski definition) is 1. The van der Waals surface area contributed by atoms with Gasteiger partial charge >= 0.3 is 0 Å². The highest BCUT2D eigenvalue weighted by atomic mass is 35.5. The van der Waals surface area contributed by atoms with E-state index in [1.54, 1.807) is 0 Å². The molecule has 0 radical (unpaired) electrons. The number of ether oxygens (including phenoxy) is 1. The summed E-state index contributed by atoms with van der Waals surface area (Å²) in [6.07, 6.45) is 1.87. The lowest BCUT2D eigenvalue weighted by atomic mass is 10.2. The van der Waals surface area contributed by atoms with Gasteiger partial charge in [0.25, 0.3) is 11.6 Å². The number of nitrogens with zero attached hydrogens (tertiary/aromatic N) is 1. The predicted octanol–water partition coefficient (Wildman–Crippen LogP) is 2.30. The van der Waals surface area contributed by atoms with Crippen molar-refractivity contribution in [2.75, 3.05) is 6.54 Å². The van der Waals surface area contributed by atoms with Crippen molar-refractivity contribution >= 4 is 23.2 Å². The Morgan fingerprint density at radius 2 is 2.21 bits per heavy atom. The average Bonchev–Trinajstić information content (AvgIpc) is 2.55. The number of amides is 1. The van der Waals surface area contributed by atoms with E-state index in [9.17, 15) is 14.9 Å². The van der Waals surface area contributed by atoms with Gasteiger partial charge < -0.3 is 10.1 Å². The number of hydrogen-bond acceptors (Lipinski definition) is 4. The Morgan fingerprint density at radius 3 is 2.89 bits per heavy atom. The summed E-state index contributed by atoms with van der Waals surface area (Å²) in [4.78, 5) is 21.8. The van der Waals surface area contributed by atoms with Crippen molar-refractivity contribution in [3.63, 3.8) is 0 Å². The molecule has 102 valence electrons. The number of benzene rings is 1. The highest BCUT2D eigenvalue weighted by molar-refractivity contribution is 6.32. The van der Waals surface area contributed by atoms with Gasteiger partial charge in [-0.3, -0.25) is 14.9 Å². The van der Waals surface area contributed by atoms with E-state index in [2.05, 4.69) is 5.32 Å². The average molecular weight is 285 g/mol. The fourth-order valence-corrected chi connectivity index (χ4v) is 2.14. The molecule has 1 atom stereocenters. The van der Waals surface area contributed by atoms with E-state index >= 15 is 0 Å². The van der Waals surface area contributed by atoms with Gasteiger partial charge in [-0.1, -0.05) is 11.6 Å². The summed E-state index contributed by atoms with van der Waals surface area (Å²) in [7, 11) is 0. The molecule has 1 amide bonds. The van der Waals surface area contributed by atoms with Crippen LogP contribution in [0.5, 0.6) is 5.75 Å². The topological polar surface area (TPSA) is 81.5 Å². The number of nitro groups is 1. The first-order valence-electron chi connectivity index (χ1n) is 5.96. The second kappa shape index (κ2) is 5.88. The summed E-state index contributed by atoms with van der Waals surface area (Å²) in [6, 6.07) is 4.08. The standard InChI is InChI=1S/C12H13ClN2O4/c13-9-7-8(4-5-10(9)15(17)18)19-11-3-1-2-6-14-12(11)16/h4-5,7,11H,1-3,6H2,(H,14,16). The molecule has 1 aliphatic heterocycles. The summed E-state index contributed by atoms with van der Waals surface area (Å²) in [5.41, 5.74) is -0.181. The minimum absolute atomic E-state index is 0.00321. The Kier molecular flexibility index (Phi) is 4.21. The molecule has 0 aromatic heterocycles. The maximum Gasteiger partial charge on any atom is 0.288 e. The van der Waals surface area contributed by atoms with E-state index in [-0.39, 0.29) is 16.6 Å². The lowest BCUT2D eigenvalue weighted by Gasteiger charge is -2.15. The summed E-state index contributed by atoms with van der Waals surface area (Å²) >= 11 is 5.79. The highest BCUT2D eigenvalue weighted by Crippen LogP contribution is 2.29. The zero-order valence-electron chi connectivity index (χ0n) is 10.1. The van der Waals surface area contributed by atoms with Crippen molar-refractivity contribution in [1.82, 2.24) is 5.32 Å². The minimum atomic E-state index is -0.569. The molecule has 6 nitrogen and oxygen atoms in total. The van der Waals surface area contributed by atoms with E-state index in [4.69, 9.17) is 16.3 Å². The molecule has 1 N–H and O–H groups in total.